The molecule has 0 unspecified atom stereocenters. The SMILES string of the molecule is CC.CC(C)(C)OC(=O)N(CCc1nc2c(NCc3ncccc3F)ncnc2s1)CCc1nc2cc(CN)ccc2n1C(=O)OC(C)(C)C. The number of rotatable bonds is 10. The van der Waals surface area contributed by atoms with E-state index in [9.17, 15) is 14.0 Å². The summed E-state index contributed by atoms with van der Waals surface area (Å²) in [6.45, 7) is 15.7. The number of hydrogen-bond acceptors (Lipinski definition) is 12. The van der Waals surface area contributed by atoms with Gasteiger partial charge < -0.3 is 25.4 Å². The summed E-state index contributed by atoms with van der Waals surface area (Å²) in [6, 6.07) is 8.38. The first-order valence-corrected chi connectivity index (χ1v) is 17.4. The van der Waals surface area contributed by atoms with Crippen LogP contribution in [0.25, 0.3) is 21.4 Å². The maximum Gasteiger partial charge on any atom is 0.420 e. The second-order valence-corrected chi connectivity index (χ2v) is 14.2. The van der Waals surface area contributed by atoms with Crippen LogP contribution in [-0.4, -0.2) is 70.9 Å². The van der Waals surface area contributed by atoms with E-state index in [2.05, 4.69) is 20.3 Å². The molecule has 50 heavy (non-hydrogen) atoms. The van der Waals surface area contributed by atoms with Gasteiger partial charge >= 0.3 is 12.2 Å². The number of nitrogens with zero attached hydrogens (tertiary/aromatic N) is 7. The van der Waals surface area contributed by atoms with E-state index in [-0.39, 0.29) is 31.7 Å². The quantitative estimate of drug-likeness (QED) is 0.156. The Morgan fingerprint density at radius 2 is 1.70 bits per heavy atom. The summed E-state index contributed by atoms with van der Waals surface area (Å²) >= 11 is 1.38. The molecule has 0 saturated carbocycles. The van der Waals surface area contributed by atoms with Crippen molar-refractivity contribution in [3.63, 3.8) is 0 Å². The van der Waals surface area contributed by atoms with Gasteiger partial charge in [0.1, 0.15) is 39.5 Å². The molecule has 0 aliphatic carbocycles. The van der Waals surface area contributed by atoms with Crippen LogP contribution in [0.5, 0.6) is 0 Å². The highest BCUT2D eigenvalue weighted by atomic mass is 32.1. The van der Waals surface area contributed by atoms with E-state index in [1.807, 2.05) is 26.0 Å². The Morgan fingerprint density at radius 1 is 0.980 bits per heavy atom. The molecule has 0 saturated heterocycles. The van der Waals surface area contributed by atoms with E-state index in [1.54, 1.807) is 52.5 Å². The third kappa shape index (κ3) is 9.91. The summed E-state index contributed by atoms with van der Waals surface area (Å²) in [5.41, 5.74) is 7.27. The molecular weight excluding hydrogens is 662 g/mol. The number of halogens is 1. The summed E-state index contributed by atoms with van der Waals surface area (Å²) in [5.74, 6) is 0.478. The van der Waals surface area contributed by atoms with Crippen LogP contribution in [-0.2, 0) is 35.4 Å². The molecule has 4 heterocycles. The van der Waals surface area contributed by atoms with Gasteiger partial charge in [0, 0.05) is 38.7 Å². The molecule has 1 amide bonds. The summed E-state index contributed by atoms with van der Waals surface area (Å²) in [6.07, 6.45) is 2.52. The molecule has 4 aromatic heterocycles. The number of pyridine rings is 1. The zero-order chi connectivity index (χ0) is 36.6. The van der Waals surface area contributed by atoms with Crippen molar-refractivity contribution in [1.29, 1.82) is 0 Å². The van der Waals surface area contributed by atoms with Crippen molar-refractivity contribution in [2.24, 2.45) is 5.73 Å². The number of aromatic nitrogens is 6. The van der Waals surface area contributed by atoms with Crippen molar-refractivity contribution in [1.82, 2.24) is 34.4 Å². The number of anilines is 1. The van der Waals surface area contributed by atoms with E-state index in [4.69, 9.17) is 25.2 Å². The number of amides is 1. The second-order valence-electron chi connectivity index (χ2n) is 13.1. The van der Waals surface area contributed by atoms with Crippen LogP contribution < -0.4 is 11.1 Å². The highest BCUT2D eigenvalue weighted by Crippen LogP contribution is 2.26. The zero-order valence-corrected chi connectivity index (χ0v) is 30.7. The van der Waals surface area contributed by atoms with Gasteiger partial charge in [-0.25, -0.2) is 38.5 Å². The molecule has 0 atom stereocenters. The second kappa shape index (κ2) is 16.3. The topological polar surface area (TPSA) is 163 Å². The summed E-state index contributed by atoms with van der Waals surface area (Å²) < 4.78 is 27.0. The van der Waals surface area contributed by atoms with Gasteiger partial charge in [-0.3, -0.25) is 4.98 Å². The predicted molar refractivity (Wildman–Crippen MR) is 193 cm³/mol. The Bertz CT molecular complexity index is 1930. The van der Waals surface area contributed by atoms with E-state index >= 15 is 0 Å². The van der Waals surface area contributed by atoms with Crippen LogP contribution in [0.2, 0.25) is 0 Å². The fourth-order valence-corrected chi connectivity index (χ4v) is 5.71. The van der Waals surface area contributed by atoms with Crippen LogP contribution >= 0.6 is 11.3 Å². The number of nitrogens with one attached hydrogen (secondary N) is 1. The number of thiazole rings is 1. The van der Waals surface area contributed by atoms with E-state index in [1.165, 1.54) is 40.6 Å². The number of hydrogen-bond donors (Lipinski definition) is 2. The minimum absolute atomic E-state index is 0.125. The monoisotopic (exact) mass is 707 g/mol. The lowest BCUT2D eigenvalue weighted by Crippen LogP contribution is -2.39. The Balaban J connectivity index is 0.00000276. The molecule has 0 spiro atoms. The lowest BCUT2D eigenvalue weighted by atomic mass is 10.2. The number of benzene rings is 1. The smallest absolute Gasteiger partial charge is 0.420 e. The number of nitrogens with two attached hydrogens (primary N) is 1. The number of carbonyl (C=O) groups excluding carboxylic acids is 2. The molecule has 0 radical (unpaired) electrons. The highest BCUT2D eigenvalue weighted by molar-refractivity contribution is 7.18. The van der Waals surface area contributed by atoms with Crippen molar-refractivity contribution in [2.75, 3.05) is 18.4 Å². The molecule has 5 aromatic rings. The first-order chi connectivity index (χ1) is 23.7. The van der Waals surface area contributed by atoms with Crippen LogP contribution in [0.15, 0.2) is 42.9 Å². The van der Waals surface area contributed by atoms with Crippen LogP contribution in [0.3, 0.4) is 0 Å². The van der Waals surface area contributed by atoms with Gasteiger partial charge in [0.25, 0.3) is 0 Å². The maximum atomic E-state index is 14.1. The number of fused-ring (bicyclic) bond motifs is 2. The Kier molecular flexibility index (Phi) is 12.4. The molecule has 268 valence electrons. The molecule has 1 aromatic carbocycles. The number of carbonyl (C=O) groups is 2. The van der Waals surface area contributed by atoms with Crippen molar-refractivity contribution in [3.8, 4) is 0 Å². The van der Waals surface area contributed by atoms with E-state index in [0.717, 1.165) is 10.6 Å². The van der Waals surface area contributed by atoms with Crippen molar-refractivity contribution in [2.45, 2.75) is 92.5 Å². The van der Waals surface area contributed by atoms with Gasteiger partial charge in [-0.2, -0.15) is 0 Å². The molecule has 15 heteroatoms. The van der Waals surface area contributed by atoms with Gasteiger partial charge in [0.2, 0.25) is 0 Å². The molecular formula is C35H46FN9O4S. The number of imidazole rings is 1. The molecule has 0 bridgehead atoms. The predicted octanol–water partition coefficient (Wildman–Crippen LogP) is 6.87. The molecule has 13 nitrogen and oxygen atoms in total. The normalized spacial score (nSPS) is 11.6. The van der Waals surface area contributed by atoms with Gasteiger partial charge in [-0.1, -0.05) is 31.3 Å². The van der Waals surface area contributed by atoms with Crippen molar-refractivity contribution in [3.05, 3.63) is 70.8 Å². The first-order valence-electron chi connectivity index (χ1n) is 16.6. The Morgan fingerprint density at radius 3 is 2.38 bits per heavy atom. The lowest BCUT2D eigenvalue weighted by molar-refractivity contribution is 0.0253. The maximum absolute atomic E-state index is 14.1. The Labute approximate surface area is 295 Å². The van der Waals surface area contributed by atoms with Gasteiger partial charge in [0.05, 0.1) is 28.3 Å². The molecule has 0 fully saturated rings. The summed E-state index contributed by atoms with van der Waals surface area (Å²) in [7, 11) is 0. The van der Waals surface area contributed by atoms with Crippen molar-refractivity contribution >= 4 is 50.7 Å². The zero-order valence-electron chi connectivity index (χ0n) is 29.9. The third-order valence-corrected chi connectivity index (χ3v) is 7.97. The molecule has 0 aliphatic rings. The fraction of sp³-hybridized carbons (Fsp3) is 0.457. The average Bonchev–Trinajstić information content (AvgIpc) is 3.64. The van der Waals surface area contributed by atoms with Gasteiger partial charge in [-0.05, 0) is 71.4 Å². The molecule has 0 aliphatic heterocycles. The third-order valence-electron chi connectivity index (χ3n) is 6.95. The minimum atomic E-state index is -0.726. The number of ether oxygens (including phenoxy) is 2. The first kappa shape index (κ1) is 38.0. The Hall–Kier alpha value is -4.76. The largest absolute Gasteiger partial charge is 0.444 e. The lowest BCUT2D eigenvalue weighted by Gasteiger charge is -2.27. The van der Waals surface area contributed by atoms with Crippen LogP contribution in [0.4, 0.5) is 19.8 Å². The van der Waals surface area contributed by atoms with E-state index < -0.39 is 29.2 Å². The highest BCUT2D eigenvalue weighted by Gasteiger charge is 2.26. The van der Waals surface area contributed by atoms with E-state index in [0.29, 0.717) is 46.0 Å². The minimum Gasteiger partial charge on any atom is -0.444 e. The van der Waals surface area contributed by atoms with Crippen LogP contribution in [0, 0.1) is 5.82 Å². The average molecular weight is 708 g/mol. The standard InChI is InChI=1S/C33H40FN9O4S.C2H6/c1-32(2,3)46-30(44)42(14-11-25-40-22-16-20(17-35)9-10-24(22)43(25)31(45)47-33(4,5)6)15-12-26-41-27-28(38-19-39-29(27)48-26)37-18-23-21(34)8-7-13-36-23;1-2/h7-10,13,16,19H,11-12,14-15,17-18,35H2,1-6H3,(H,37,38,39);1-2H3. The fourth-order valence-electron chi connectivity index (χ4n) is 4.82. The molecule has 3 N–H and O–H groups in total. The molecule has 5 rings (SSSR count). The van der Waals surface area contributed by atoms with Gasteiger partial charge in [-0.15, -0.1) is 0 Å². The summed E-state index contributed by atoms with van der Waals surface area (Å²) in [5, 5.41) is 3.83. The van der Waals surface area contributed by atoms with Crippen molar-refractivity contribution < 1.29 is 23.5 Å². The summed E-state index contributed by atoms with van der Waals surface area (Å²) in [4.78, 5) is 51.2. The van der Waals surface area contributed by atoms with Gasteiger partial charge in [0.15, 0.2) is 5.82 Å². The van der Waals surface area contributed by atoms with Crippen LogP contribution in [0.1, 0.15) is 77.5 Å².